The fraction of sp³-hybridized carbons (Fsp3) is 1.00. The first kappa shape index (κ1) is 14.5. The lowest BCUT2D eigenvalue weighted by Crippen LogP contribution is -2.36. The first-order valence-corrected chi connectivity index (χ1v) is 9.46. The lowest BCUT2D eigenvalue weighted by atomic mass is 9.83. The zero-order valence-electron chi connectivity index (χ0n) is 13.5. The van der Waals surface area contributed by atoms with Crippen LogP contribution in [0, 0.1) is 5.92 Å². The predicted octanol–water partition coefficient (Wildman–Crippen LogP) is 2.94. The van der Waals surface area contributed by atoms with Crippen LogP contribution in [0.15, 0.2) is 0 Å². The molecule has 1 N–H and O–H groups in total. The number of rotatable bonds is 5. The summed E-state index contributed by atoms with van der Waals surface area (Å²) in [5.41, 5.74) is 0.292. The summed E-state index contributed by atoms with van der Waals surface area (Å²) in [6, 6.07) is 0.958. The molecule has 120 valence electrons. The fourth-order valence-electron chi connectivity index (χ4n) is 4.85. The second-order valence-corrected chi connectivity index (χ2v) is 8.06. The number of ether oxygens (including phenoxy) is 1. The Morgan fingerprint density at radius 3 is 2.62 bits per heavy atom. The number of likely N-dealkylation sites (tertiary alicyclic amines) is 1. The maximum absolute atomic E-state index is 6.45. The van der Waals surface area contributed by atoms with Gasteiger partial charge in [-0.3, -0.25) is 0 Å². The second kappa shape index (κ2) is 6.17. The largest absolute Gasteiger partial charge is 0.370 e. The van der Waals surface area contributed by atoms with Crippen molar-refractivity contribution < 1.29 is 4.74 Å². The van der Waals surface area contributed by atoms with Gasteiger partial charge in [0, 0.05) is 19.1 Å². The number of hydrogen-bond acceptors (Lipinski definition) is 3. The highest BCUT2D eigenvalue weighted by Gasteiger charge is 2.40. The van der Waals surface area contributed by atoms with Crippen LogP contribution in [-0.4, -0.2) is 48.8 Å². The second-order valence-electron chi connectivity index (χ2n) is 8.06. The molecule has 4 aliphatic rings. The van der Waals surface area contributed by atoms with Gasteiger partial charge >= 0.3 is 0 Å². The topological polar surface area (TPSA) is 24.5 Å². The Bertz CT molecular complexity index is 349. The highest BCUT2D eigenvalue weighted by Crippen LogP contribution is 2.41. The van der Waals surface area contributed by atoms with Crippen LogP contribution < -0.4 is 5.32 Å². The Hall–Kier alpha value is -0.120. The fourth-order valence-corrected chi connectivity index (χ4v) is 4.85. The van der Waals surface area contributed by atoms with E-state index in [1.54, 1.807) is 0 Å². The molecule has 2 atom stereocenters. The molecule has 3 heteroatoms. The van der Waals surface area contributed by atoms with Crippen LogP contribution in [0.2, 0.25) is 0 Å². The maximum atomic E-state index is 6.45. The lowest BCUT2D eigenvalue weighted by molar-refractivity contribution is -0.0624. The van der Waals surface area contributed by atoms with Crippen LogP contribution in [-0.2, 0) is 4.74 Å². The lowest BCUT2D eigenvalue weighted by Gasteiger charge is -2.33. The van der Waals surface area contributed by atoms with Crippen molar-refractivity contribution in [1.82, 2.24) is 10.2 Å². The van der Waals surface area contributed by atoms with E-state index < -0.39 is 0 Å². The van der Waals surface area contributed by atoms with Gasteiger partial charge in [-0.05, 0) is 64.0 Å². The van der Waals surface area contributed by atoms with E-state index in [1.165, 1.54) is 83.8 Å². The van der Waals surface area contributed by atoms with Crippen LogP contribution in [0.1, 0.15) is 64.2 Å². The zero-order chi connectivity index (χ0) is 14.1. The highest BCUT2D eigenvalue weighted by molar-refractivity contribution is 4.92. The maximum Gasteiger partial charge on any atom is 0.0708 e. The molecule has 0 aromatic heterocycles. The van der Waals surface area contributed by atoms with Gasteiger partial charge in [0.05, 0.1) is 11.7 Å². The molecule has 0 radical (unpaired) electrons. The third-order valence-corrected chi connectivity index (χ3v) is 6.29. The molecule has 3 nitrogen and oxygen atoms in total. The first-order chi connectivity index (χ1) is 10.3. The minimum absolute atomic E-state index is 0.292. The third-order valence-electron chi connectivity index (χ3n) is 6.29. The van der Waals surface area contributed by atoms with Gasteiger partial charge in [-0.25, -0.2) is 0 Å². The molecule has 2 heterocycles. The van der Waals surface area contributed by atoms with Crippen molar-refractivity contribution in [2.24, 2.45) is 5.92 Å². The average Bonchev–Trinajstić information content (AvgIpc) is 3.14. The summed E-state index contributed by atoms with van der Waals surface area (Å²) < 4.78 is 6.45. The standard InChI is InChI=1S/C18H32N2O/c1-2-8-18(9-3-1)10-6-17(21-18)13-19-12-15-7-11-20(14-15)16-4-5-16/h15-17,19H,1-14H2. The highest BCUT2D eigenvalue weighted by atomic mass is 16.5. The third kappa shape index (κ3) is 3.46. The monoisotopic (exact) mass is 292 g/mol. The van der Waals surface area contributed by atoms with Crippen molar-refractivity contribution in [3.63, 3.8) is 0 Å². The van der Waals surface area contributed by atoms with Gasteiger partial charge < -0.3 is 15.0 Å². The molecular weight excluding hydrogens is 260 g/mol. The molecule has 0 bridgehead atoms. The molecule has 0 aromatic rings. The van der Waals surface area contributed by atoms with Crippen molar-refractivity contribution in [1.29, 1.82) is 0 Å². The summed E-state index contributed by atoms with van der Waals surface area (Å²) in [6.45, 7) is 4.98. The molecule has 4 fully saturated rings. The summed E-state index contributed by atoms with van der Waals surface area (Å²) >= 11 is 0. The Balaban J connectivity index is 1.15. The minimum atomic E-state index is 0.292. The Kier molecular flexibility index (Phi) is 4.25. The van der Waals surface area contributed by atoms with Crippen LogP contribution >= 0.6 is 0 Å². The number of nitrogens with one attached hydrogen (secondary N) is 1. The van der Waals surface area contributed by atoms with Crippen molar-refractivity contribution in [2.45, 2.75) is 82.0 Å². The first-order valence-electron chi connectivity index (χ1n) is 9.46. The van der Waals surface area contributed by atoms with E-state index >= 15 is 0 Å². The van der Waals surface area contributed by atoms with Crippen molar-refractivity contribution >= 4 is 0 Å². The van der Waals surface area contributed by atoms with Gasteiger partial charge in [0.15, 0.2) is 0 Å². The van der Waals surface area contributed by atoms with Gasteiger partial charge in [-0.15, -0.1) is 0 Å². The molecule has 2 aliphatic heterocycles. The van der Waals surface area contributed by atoms with Gasteiger partial charge in [-0.2, -0.15) is 0 Å². The molecular formula is C18H32N2O. The van der Waals surface area contributed by atoms with E-state index in [0.29, 0.717) is 11.7 Å². The Morgan fingerprint density at radius 2 is 1.81 bits per heavy atom. The normalized spacial score (nSPS) is 36.6. The van der Waals surface area contributed by atoms with Gasteiger partial charge in [-0.1, -0.05) is 19.3 Å². The molecule has 0 amide bonds. The summed E-state index contributed by atoms with van der Waals surface area (Å²) in [7, 11) is 0. The van der Waals surface area contributed by atoms with E-state index in [2.05, 4.69) is 10.2 Å². The van der Waals surface area contributed by atoms with Crippen LogP contribution in [0.4, 0.5) is 0 Å². The summed E-state index contributed by atoms with van der Waals surface area (Å²) in [5, 5.41) is 3.72. The quantitative estimate of drug-likeness (QED) is 0.843. The van der Waals surface area contributed by atoms with Gasteiger partial charge in [0.25, 0.3) is 0 Å². The smallest absolute Gasteiger partial charge is 0.0708 e. The molecule has 2 saturated carbocycles. The van der Waals surface area contributed by atoms with E-state index in [4.69, 9.17) is 4.74 Å². The summed E-state index contributed by atoms with van der Waals surface area (Å²) in [6.07, 6.45) is 14.2. The molecule has 2 saturated heterocycles. The van der Waals surface area contributed by atoms with Crippen molar-refractivity contribution in [3.05, 3.63) is 0 Å². The molecule has 1 spiro atoms. The van der Waals surface area contributed by atoms with E-state index in [-0.39, 0.29) is 0 Å². The van der Waals surface area contributed by atoms with E-state index in [0.717, 1.165) is 18.5 Å². The minimum Gasteiger partial charge on any atom is -0.370 e. The Morgan fingerprint density at radius 1 is 0.952 bits per heavy atom. The molecule has 2 aliphatic carbocycles. The molecule has 4 rings (SSSR count). The van der Waals surface area contributed by atoms with Crippen LogP contribution in [0.25, 0.3) is 0 Å². The number of hydrogen-bond donors (Lipinski definition) is 1. The van der Waals surface area contributed by atoms with Crippen LogP contribution in [0.3, 0.4) is 0 Å². The summed E-state index contributed by atoms with van der Waals surface area (Å²) in [5.74, 6) is 0.885. The SMILES string of the molecule is C1CCC2(CC1)CCC(CNCC1CCN(C3CC3)C1)O2. The van der Waals surface area contributed by atoms with E-state index in [9.17, 15) is 0 Å². The molecule has 21 heavy (non-hydrogen) atoms. The Labute approximate surface area is 129 Å². The number of nitrogens with zero attached hydrogens (tertiary/aromatic N) is 1. The van der Waals surface area contributed by atoms with E-state index in [1.807, 2.05) is 0 Å². The molecule has 0 aromatic carbocycles. The van der Waals surface area contributed by atoms with Gasteiger partial charge in [0.1, 0.15) is 0 Å². The van der Waals surface area contributed by atoms with Crippen LogP contribution in [0.5, 0.6) is 0 Å². The summed E-state index contributed by atoms with van der Waals surface area (Å²) in [4.78, 5) is 2.72. The zero-order valence-corrected chi connectivity index (χ0v) is 13.5. The van der Waals surface area contributed by atoms with Crippen molar-refractivity contribution in [2.75, 3.05) is 26.2 Å². The van der Waals surface area contributed by atoms with Gasteiger partial charge in [0.2, 0.25) is 0 Å². The molecule has 2 unspecified atom stereocenters. The predicted molar refractivity (Wildman–Crippen MR) is 85.5 cm³/mol. The average molecular weight is 292 g/mol. The van der Waals surface area contributed by atoms with Crippen molar-refractivity contribution in [3.8, 4) is 0 Å².